The number of nitrogens with two attached hydrogens (primary N) is 1. The van der Waals surface area contributed by atoms with Crippen molar-refractivity contribution in [2.45, 2.75) is 24.8 Å². The third-order valence-corrected chi connectivity index (χ3v) is 4.03. The zero-order valence-corrected chi connectivity index (χ0v) is 11.6. The molecule has 106 valence electrons. The maximum Gasteiger partial charge on any atom is 0.240 e. The van der Waals surface area contributed by atoms with Crippen LogP contribution in [0.25, 0.3) is 0 Å². The molecule has 2 N–H and O–H groups in total. The van der Waals surface area contributed by atoms with E-state index in [0.29, 0.717) is 6.61 Å². The number of primary amides is 1. The highest BCUT2D eigenvalue weighted by molar-refractivity contribution is 5.85. The number of methoxy groups -OCH3 is 1. The molecule has 0 bridgehead atoms. The van der Waals surface area contributed by atoms with Gasteiger partial charge in [-0.25, -0.2) is 0 Å². The molecule has 1 aromatic rings. The second-order valence-electron chi connectivity index (χ2n) is 5.12. The molecular formula is C13H22N4O2. The molecule has 1 amide bonds. The van der Waals surface area contributed by atoms with Crippen molar-refractivity contribution < 1.29 is 9.53 Å². The number of aromatic nitrogens is 2. The first-order valence-corrected chi connectivity index (χ1v) is 6.61. The van der Waals surface area contributed by atoms with Crippen LogP contribution in [0.15, 0.2) is 12.3 Å². The Morgan fingerprint density at radius 3 is 3.00 bits per heavy atom. The predicted octanol–water partition coefficient (Wildman–Crippen LogP) is -0.0711. The molecular weight excluding hydrogens is 244 g/mol. The number of nitrogens with zero attached hydrogens (tertiary/aromatic N) is 3. The van der Waals surface area contributed by atoms with E-state index in [1.807, 2.05) is 17.8 Å². The lowest BCUT2D eigenvalue weighted by Gasteiger charge is -2.35. The highest BCUT2D eigenvalue weighted by Crippen LogP contribution is 2.29. The summed E-state index contributed by atoms with van der Waals surface area (Å²) in [5, 5.41) is 4.15. The molecule has 2 heterocycles. The smallest absolute Gasteiger partial charge is 0.240 e. The highest BCUT2D eigenvalue weighted by Gasteiger charge is 2.45. The lowest BCUT2D eigenvalue weighted by Crippen LogP contribution is -2.57. The van der Waals surface area contributed by atoms with Crippen molar-refractivity contribution >= 4 is 5.91 Å². The van der Waals surface area contributed by atoms with Crippen LogP contribution in [0.4, 0.5) is 0 Å². The SMILES string of the molecule is COCC1(C(N)=O)CCCN1CCc1ccnn1C. The summed E-state index contributed by atoms with van der Waals surface area (Å²) < 4.78 is 7.08. The Balaban J connectivity index is 2.05. The molecule has 0 aromatic carbocycles. The van der Waals surface area contributed by atoms with Crippen molar-refractivity contribution in [1.29, 1.82) is 0 Å². The summed E-state index contributed by atoms with van der Waals surface area (Å²) in [6, 6.07) is 2.00. The summed E-state index contributed by atoms with van der Waals surface area (Å²) in [5.74, 6) is -0.281. The maximum atomic E-state index is 11.8. The Kier molecular flexibility index (Phi) is 4.21. The van der Waals surface area contributed by atoms with Crippen LogP contribution in [-0.2, 0) is 23.0 Å². The second-order valence-corrected chi connectivity index (χ2v) is 5.12. The molecule has 1 aliphatic rings. The van der Waals surface area contributed by atoms with Crippen LogP contribution in [0.3, 0.4) is 0 Å². The molecule has 1 aromatic heterocycles. The lowest BCUT2D eigenvalue weighted by molar-refractivity contribution is -0.131. The first-order valence-electron chi connectivity index (χ1n) is 6.61. The van der Waals surface area contributed by atoms with Gasteiger partial charge in [-0.3, -0.25) is 14.4 Å². The maximum absolute atomic E-state index is 11.8. The van der Waals surface area contributed by atoms with E-state index in [9.17, 15) is 4.79 Å². The molecule has 6 nitrogen and oxygen atoms in total. The van der Waals surface area contributed by atoms with Gasteiger partial charge in [0.25, 0.3) is 0 Å². The van der Waals surface area contributed by atoms with Crippen LogP contribution >= 0.6 is 0 Å². The molecule has 0 spiro atoms. The van der Waals surface area contributed by atoms with Gasteiger partial charge in [0.05, 0.1) is 6.61 Å². The molecule has 0 saturated carbocycles. The van der Waals surface area contributed by atoms with Crippen molar-refractivity contribution in [1.82, 2.24) is 14.7 Å². The van der Waals surface area contributed by atoms with E-state index in [0.717, 1.165) is 38.0 Å². The summed E-state index contributed by atoms with van der Waals surface area (Å²) in [4.78, 5) is 14.0. The Morgan fingerprint density at radius 1 is 1.63 bits per heavy atom. The van der Waals surface area contributed by atoms with E-state index < -0.39 is 5.54 Å². The highest BCUT2D eigenvalue weighted by atomic mass is 16.5. The van der Waals surface area contributed by atoms with Crippen molar-refractivity contribution in [3.63, 3.8) is 0 Å². The summed E-state index contributed by atoms with van der Waals surface area (Å²) in [7, 11) is 3.54. The Hall–Kier alpha value is -1.40. The number of hydrogen-bond donors (Lipinski definition) is 1. The molecule has 1 aliphatic heterocycles. The number of rotatable bonds is 6. The Morgan fingerprint density at radius 2 is 2.42 bits per heavy atom. The fraction of sp³-hybridized carbons (Fsp3) is 0.692. The lowest BCUT2D eigenvalue weighted by atomic mass is 9.96. The number of amides is 1. The molecule has 1 atom stereocenters. The molecule has 1 saturated heterocycles. The van der Waals surface area contributed by atoms with E-state index in [2.05, 4.69) is 10.00 Å². The Labute approximate surface area is 113 Å². The standard InChI is InChI=1S/C13H22N4O2/c1-16-11(4-7-15-16)5-9-17-8-3-6-13(17,10-19-2)12(14)18/h4,7H,3,5-6,8-10H2,1-2H3,(H2,14,18). The zero-order chi connectivity index (χ0) is 13.9. The van der Waals surface area contributed by atoms with Crippen molar-refractivity contribution in [2.24, 2.45) is 12.8 Å². The first kappa shape index (κ1) is 14.0. The van der Waals surface area contributed by atoms with Gasteiger partial charge < -0.3 is 10.5 Å². The van der Waals surface area contributed by atoms with Gasteiger partial charge >= 0.3 is 0 Å². The largest absolute Gasteiger partial charge is 0.382 e. The van der Waals surface area contributed by atoms with Crippen molar-refractivity contribution in [3.05, 3.63) is 18.0 Å². The predicted molar refractivity (Wildman–Crippen MR) is 71.5 cm³/mol. The quantitative estimate of drug-likeness (QED) is 0.782. The van der Waals surface area contributed by atoms with E-state index in [4.69, 9.17) is 10.5 Å². The molecule has 1 fully saturated rings. The second kappa shape index (κ2) is 5.71. The fourth-order valence-corrected chi connectivity index (χ4v) is 2.91. The summed E-state index contributed by atoms with van der Waals surface area (Å²) in [6.45, 7) is 2.06. The van der Waals surface area contributed by atoms with Gasteiger partial charge in [0.1, 0.15) is 5.54 Å². The number of ether oxygens (including phenoxy) is 1. The number of aryl methyl sites for hydroxylation is 1. The molecule has 0 radical (unpaired) electrons. The summed E-state index contributed by atoms with van der Waals surface area (Å²) >= 11 is 0. The van der Waals surface area contributed by atoms with Crippen molar-refractivity contribution in [2.75, 3.05) is 26.8 Å². The van der Waals surface area contributed by atoms with Crippen LogP contribution in [0, 0.1) is 0 Å². The van der Waals surface area contributed by atoms with Gasteiger partial charge in [0.15, 0.2) is 0 Å². The minimum Gasteiger partial charge on any atom is -0.382 e. The minimum atomic E-state index is -0.632. The van der Waals surface area contributed by atoms with Gasteiger partial charge in [0.2, 0.25) is 5.91 Å². The van der Waals surface area contributed by atoms with Gasteiger partial charge in [0, 0.05) is 39.0 Å². The first-order chi connectivity index (χ1) is 9.10. The number of likely N-dealkylation sites (tertiary alicyclic amines) is 1. The van der Waals surface area contributed by atoms with Crippen LogP contribution in [0.5, 0.6) is 0 Å². The normalized spacial score (nSPS) is 23.9. The monoisotopic (exact) mass is 266 g/mol. The fourth-order valence-electron chi connectivity index (χ4n) is 2.91. The van der Waals surface area contributed by atoms with Crippen LogP contribution < -0.4 is 5.73 Å². The number of hydrogen-bond acceptors (Lipinski definition) is 4. The number of carbonyl (C=O) groups is 1. The van der Waals surface area contributed by atoms with Crippen molar-refractivity contribution in [3.8, 4) is 0 Å². The van der Waals surface area contributed by atoms with Crippen LogP contribution in [0.1, 0.15) is 18.5 Å². The van der Waals surface area contributed by atoms with Gasteiger partial charge in [-0.2, -0.15) is 5.10 Å². The number of carbonyl (C=O) groups excluding carboxylic acids is 1. The summed E-state index contributed by atoms with van der Waals surface area (Å²) in [5.41, 5.74) is 6.13. The zero-order valence-electron chi connectivity index (χ0n) is 11.6. The molecule has 1 unspecified atom stereocenters. The molecule has 2 rings (SSSR count). The van der Waals surface area contributed by atoms with Gasteiger partial charge in [-0.1, -0.05) is 0 Å². The van der Waals surface area contributed by atoms with Gasteiger partial charge in [-0.15, -0.1) is 0 Å². The molecule has 6 heteroatoms. The average molecular weight is 266 g/mol. The van der Waals surface area contributed by atoms with Crippen LogP contribution in [0.2, 0.25) is 0 Å². The van der Waals surface area contributed by atoms with Gasteiger partial charge in [-0.05, 0) is 25.5 Å². The van der Waals surface area contributed by atoms with E-state index in [1.54, 1.807) is 13.3 Å². The van der Waals surface area contributed by atoms with E-state index >= 15 is 0 Å². The van der Waals surface area contributed by atoms with E-state index in [-0.39, 0.29) is 5.91 Å². The third kappa shape index (κ3) is 2.64. The molecule has 19 heavy (non-hydrogen) atoms. The molecule has 0 aliphatic carbocycles. The third-order valence-electron chi connectivity index (χ3n) is 4.03. The topological polar surface area (TPSA) is 73.4 Å². The van der Waals surface area contributed by atoms with E-state index in [1.165, 1.54) is 0 Å². The summed E-state index contributed by atoms with van der Waals surface area (Å²) in [6.07, 6.45) is 4.41. The Bertz CT molecular complexity index is 446. The average Bonchev–Trinajstić information content (AvgIpc) is 2.95. The van der Waals surface area contributed by atoms with Crippen LogP contribution in [-0.4, -0.2) is 52.9 Å². The minimum absolute atomic E-state index is 0.281.